The highest BCUT2D eigenvalue weighted by atomic mass is 17.2. The van der Waals surface area contributed by atoms with Gasteiger partial charge in [0.15, 0.2) is 0 Å². The molecule has 0 saturated heterocycles. The van der Waals surface area contributed by atoms with E-state index in [1.165, 1.54) is 0 Å². The van der Waals surface area contributed by atoms with Crippen LogP contribution in [0.5, 0.6) is 0 Å². The lowest BCUT2D eigenvalue weighted by Gasteiger charge is -2.30. The number of carbonyl (C=O) groups is 1. The fraction of sp³-hybridized carbons (Fsp3) is 0.941. The van der Waals surface area contributed by atoms with E-state index in [1.54, 1.807) is 0 Å². The Kier molecular flexibility index (Phi) is 8.95. The molecule has 0 aliphatic heterocycles. The maximum Gasteiger partial charge on any atom is 0.540 e. The lowest BCUT2D eigenvalue weighted by atomic mass is 9.84. The van der Waals surface area contributed by atoms with Crippen molar-refractivity contribution in [1.82, 2.24) is 0 Å². The quantitative estimate of drug-likeness (QED) is 0.320. The maximum atomic E-state index is 11.6. The first-order valence-electron chi connectivity index (χ1n) is 8.12. The van der Waals surface area contributed by atoms with Crippen LogP contribution in [0.1, 0.15) is 80.6 Å². The molecule has 0 radical (unpaired) electrons. The zero-order valence-electron chi connectivity index (χ0n) is 15.0. The van der Waals surface area contributed by atoms with Crippen LogP contribution in [-0.4, -0.2) is 18.4 Å². The number of carbonyl (C=O) groups excluding carboxylic acids is 1. The first-order valence-corrected chi connectivity index (χ1v) is 8.12. The van der Waals surface area contributed by atoms with Gasteiger partial charge in [-0.3, -0.25) is 4.89 Å². The Bertz CT molecular complexity index is 292. The van der Waals surface area contributed by atoms with Crippen molar-refractivity contribution in [2.75, 3.05) is 6.61 Å². The fourth-order valence-electron chi connectivity index (χ4n) is 2.56. The molecule has 0 saturated carbocycles. The molecular formula is C17H34O4. The van der Waals surface area contributed by atoms with Crippen molar-refractivity contribution in [3.8, 4) is 0 Å². The molecule has 0 spiro atoms. The molecule has 0 amide bonds. The molecule has 126 valence electrons. The predicted molar refractivity (Wildman–Crippen MR) is 85.0 cm³/mol. The maximum absolute atomic E-state index is 11.6. The number of hydrogen-bond acceptors (Lipinski definition) is 4. The van der Waals surface area contributed by atoms with Crippen molar-refractivity contribution < 1.29 is 19.3 Å². The summed E-state index contributed by atoms with van der Waals surface area (Å²) in [5, 5.41) is 0. The van der Waals surface area contributed by atoms with Gasteiger partial charge in [0.05, 0.1) is 6.61 Å². The van der Waals surface area contributed by atoms with Crippen molar-refractivity contribution in [2.45, 2.75) is 86.2 Å². The SMILES string of the molecule is CCCCC(CC)COC(=O)OOC(C)(C)CC(C)(C)C. The molecule has 1 atom stereocenters. The Morgan fingerprint density at radius 1 is 1.10 bits per heavy atom. The van der Waals surface area contributed by atoms with Gasteiger partial charge in [-0.25, -0.2) is 4.79 Å². The molecule has 4 heteroatoms. The second kappa shape index (κ2) is 9.29. The Morgan fingerprint density at radius 2 is 1.71 bits per heavy atom. The molecule has 0 aromatic carbocycles. The summed E-state index contributed by atoms with van der Waals surface area (Å²) in [5.74, 6) is 0.403. The van der Waals surface area contributed by atoms with Crippen LogP contribution in [0.4, 0.5) is 4.79 Å². The minimum Gasteiger partial charge on any atom is -0.432 e. The highest BCUT2D eigenvalue weighted by Gasteiger charge is 2.29. The van der Waals surface area contributed by atoms with E-state index in [9.17, 15) is 4.79 Å². The molecule has 0 heterocycles. The minimum atomic E-state index is -0.744. The second-order valence-corrected chi connectivity index (χ2v) is 7.64. The molecule has 0 aromatic rings. The molecule has 0 bridgehead atoms. The summed E-state index contributed by atoms with van der Waals surface area (Å²) in [5.41, 5.74) is -0.423. The van der Waals surface area contributed by atoms with Crippen LogP contribution < -0.4 is 0 Å². The zero-order chi connectivity index (χ0) is 16.5. The van der Waals surface area contributed by atoms with E-state index in [-0.39, 0.29) is 5.41 Å². The van der Waals surface area contributed by atoms with Crippen LogP contribution in [0, 0.1) is 11.3 Å². The second-order valence-electron chi connectivity index (χ2n) is 7.64. The Hall–Kier alpha value is -0.770. The summed E-state index contributed by atoms with van der Waals surface area (Å²) in [6, 6.07) is 0. The fourth-order valence-corrected chi connectivity index (χ4v) is 2.56. The molecule has 0 N–H and O–H groups in total. The molecule has 0 rings (SSSR count). The van der Waals surface area contributed by atoms with E-state index in [0.29, 0.717) is 12.5 Å². The molecule has 0 aliphatic rings. The summed E-state index contributed by atoms with van der Waals surface area (Å²) >= 11 is 0. The molecule has 1 unspecified atom stereocenters. The van der Waals surface area contributed by atoms with Gasteiger partial charge in [-0.15, -0.1) is 0 Å². The molecular weight excluding hydrogens is 268 g/mol. The normalized spacial score (nSPS) is 13.9. The lowest BCUT2D eigenvalue weighted by molar-refractivity contribution is -0.323. The van der Waals surface area contributed by atoms with E-state index < -0.39 is 11.8 Å². The standard InChI is InChI=1S/C17H34O4/c1-8-10-11-14(9-2)12-19-15(18)20-21-17(6,7)13-16(3,4)5/h14H,8-13H2,1-7H3. The smallest absolute Gasteiger partial charge is 0.432 e. The highest BCUT2D eigenvalue weighted by Crippen LogP contribution is 2.29. The minimum absolute atomic E-state index is 0.101. The van der Waals surface area contributed by atoms with E-state index in [4.69, 9.17) is 14.5 Å². The first-order chi connectivity index (χ1) is 9.59. The largest absolute Gasteiger partial charge is 0.540 e. The van der Waals surface area contributed by atoms with E-state index in [1.807, 2.05) is 13.8 Å². The van der Waals surface area contributed by atoms with Gasteiger partial charge < -0.3 is 4.74 Å². The first kappa shape index (κ1) is 20.2. The van der Waals surface area contributed by atoms with Gasteiger partial charge in [0.1, 0.15) is 5.60 Å². The third-order valence-corrected chi connectivity index (χ3v) is 3.27. The van der Waals surface area contributed by atoms with E-state index >= 15 is 0 Å². The van der Waals surface area contributed by atoms with Crippen LogP contribution in [-0.2, 0) is 14.5 Å². The molecule has 0 aromatic heterocycles. The number of ether oxygens (including phenoxy) is 1. The average molecular weight is 302 g/mol. The number of rotatable bonds is 9. The van der Waals surface area contributed by atoms with Gasteiger partial charge in [0, 0.05) is 0 Å². The third-order valence-electron chi connectivity index (χ3n) is 3.27. The van der Waals surface area contributed by atoms with Crippen molar-refractivity contribution in [2.24, 2.45) is 11.3 Å². The van der Waals surface area contributed by atoms with Gasteiger partial charge in [-0.1, -0.05) is 53.9 Å². The summed E-state index contributed by atoms with van der Waals surface area (Å²) in [7, 11) is 0. The topological polar surface area (TPSA) is 44.8 Å². The van der Waals surface area contributed by atoms with Crippen LogP contribution in [0.3, 0.4) is 0 Å². The predicted octanol–water partition coefficient (Wildman–Crippen LogP) is 5.50. The number of unbranched alkanes of at least 4 members (excludes halogenated alkanes) is 1. The van der Waals surface area contributed by atoms with Crippen LogP contribution in [0.25, 0.3) is 0 Å². The van der Waals surface area contributed by atoms with E-state index in [2.05, 4.69) is 34.6 Å². The molecule has 21 heavy (non-hydrogen) atoms. The van der Waals surface area contributed by atoms with Gasteiger partial charge in [0.25, 0.3) is 0 Å². The van der Waals surface area contributed by atoms with Gasteiger partial charge in [-0.2, -0.15) is 4.89 Å². The third kappa shape index (κ3) is 11.6. The van der Waals surface area contributed by atoms with Crippen LogP contribution in [0.2, 0.25) is 0 Å². The number of hydrogen-bond donors (Lipinski definition) is 0. The Balaban J connectivity index is 4.03. The zero-order valence-corrected chi connectivity index (χ0v) is 15.0. The van der Waals surface area contributed by atoms with E-state index in [0.717, 1.165) is 32.1 Å². The van der Waals surface area contributed by atoms with Crippen molar-refractivity contribution in [3.05, 3.63) is 0 Å². The summed E-state index contributed by atoms with van der Waals surface area (Å²) in [6.07, 6.45) is 4.44. The molecule has 0 fully saturated rings. The summed E-state index contributed by atoms with van der Waals surface area (Å²) < 4.78 is 5.13. The average Bonchev–Trinajstić information content (AvgIpc) is 2.34. The lowest BCUT2D eigenvalue weighted by Crippen LogP contribution is -2.31. The van der Waals surface area contributed by atoms with Crippen molar-refractivity contribution in [3.63, 3.8) is 0 Å². The highest BCUT2D eigenvalue weighted by molar-refractivity contribution is 5.58. The van der Waals surface area contributed by atoms with Crippen molar-refractivity contribution >= 4 is 6.16 Å². The van der Waals surface area contributed by atoms with Crippen LogP contribution >= 0.6 is 0 Å². The van der Waals surface area contributed by atoms with Crippen molar-refractivity contribution in [1.29, 1.82) is 0 Å². The van der Waals surface area contributed by atoms with Crippen LogP contribution in [0.15, 0.2) is 0 Å². The monoisotopic (exact) mass is 302 g/mol. The Labute approximate surface area is 130 Å². The summed E-state index contributed by atoms with van der Waals surface area (Å²) in [4.78, 5) is 21.6. The van der Waals surface area contributed by atoms with Gasteiger partial charge in [-0.05, 0) is 38.0 Å². The Morgan fingerprint density at radius 3 is 2.19 bits per heavy atom. The molecule has 4 nitrogen and oxygen atoms in total. The van der Waals surface area contributed by atoms with Gasteiger partial charge in [0.2, 0.25) is 0 Å². The molecule has 0 aliphatic carbocycles. The summed E-state index contributed by atoms with van der Waals surface area (Å²) in [6.45, 7) is 14.8. The van der Waals surface area contributed by atoms with Gasteiger partial charge >= 0.3 is 6.16 Å².